The third-order valence-corrected chi connectivity index (χ3v) is 4.41. The van der Waals surface area contributed by atoms with Crippen LogP contribution in [0.1, 0.15) is 18.9 Å². The monoisotopic (exact) mass is 308 g/mol. The molecular weight excluding hydrogens is 295 g/mol. The first-order valence-corrected chi connectivity index (χ1v) is 6.88. The van der Waals surface area contributed by atoms with Crippen LogP contribution in [0.25, 0.3) is 0 Å². The van der Waals surface area contributed by atoms with Crippen molar-refractivity contribution in [1.82, 2.24) is 0 Å². The van der Waals surface area contributed by atoms with Crippen molar-refractivity contribution in [2.45, 2.75) is 19.8 Å². The molecule has 0 aliphatic carbocycles. The molecule has 0 spiro atoms. The number of rotatable bonds is 5. The van der Waals surface area contributed by atoms with Gasteiger partial charge in [0, 0.05) is 21.6 Å². The first-order valence-electron chi connectivity index (χ1n) is 5.02. The zero-order valence-corrected chi connectivity index (χ0v) is 11.9. The highest BCUT2D eigenvalue weighted by Crippen LogP contribution is 2.30. The lowest BCUT2D eigenvalue weighted by molar-refractivity contribution is 0.362. The molecule has 0 nitrogen and oxygen atoms in total. The van der Waals surface area contributed by atoms with E-state index in [1.54, 1.807) is 0 Å². The third-order valence-electron chi connectivity index (χ3n) is 2.79. The van der Waals surface area contributed by atoms with Gasteiger partial charge in [-0.25, -0.2) is 0 Å². The van der Waals surface area contributed by atoms with Crippen molar-refractivity contribution in [3.8, 4) is 0 Å². The number of benzene rings is 1. The first-order chi connectivity index (χ1) is 7.15. The van der Waals surface area contributed by atoms with Crippen molar-refractivity contribution >= 4 is 39.1 Å². The van der Waals surface area contributed by atoms with Gasteiger partial charge in [-0.1, -0.05) is 35.0 Å². The molecule has 0 heterocycles. The maximum atomic E-state index is 6.02. The minimum absolute atomic E-state index is 0.0317. The SMILES string of the molecule is CCC(CCl)(CCl)Cc1cccc(Br)c1. The summed E-state index contributed by atoms with van der Waals surface area (Å²) in [6, 6.07) is 8.32. The molecule has 0 saturated carbocycles. The van der Waals surface area contributed by atoms with Crippen LogP contribution in [-0.2, 0) is 6.42 Å². The maximum Gasteiger partial charge on any atom is 0.0294 e. The number of alkyl halides is 2. The van der Waals surface area contributed by atoms with Crippen molar-refractivity contribution in [2.75, 3.05) is 11.8 Å². The number of halogens is 3. The maximum absolute atomic E-state index is 6.02. The van der Waals surface area contributed by atoms with E-state index in [-0.39, 0.29) is 5.41 Å². The van der Waals surface area contributed by atoms with Crippen LogP contribution in [0.5, 0.6) is 0 Å². The van der Waals surface area contributed by atoms with Gasteiger partial charge in [-0.3, -0.25) is 0 Å². The summed E-state index contributed by atoms with van der Waals surface area (Å²) in [5, 5.41) is 0. The summed E-state index contributed by atoms with van der Waals surface area (Å²) in [7, 11) is 0. The quantitative estimate of drug-likeness (QED) is 0.681. The lowest BCUT2D eigenvalue weighted by Crippen LogP contribution is -2.27. The minimum atomic E-state index is 0.0317. The van der Waals surface area contributed by atoms with Crippen molar-refractivity contribution in [2.24, 2.45) is 5.41 Å². The second kappa shape index (κ2) is 6.12. The van der Waals surface area contributed by atoms with E-state index in [0.29, 0.717) is 11.8 Å². The fourth-order valence-electron chi connectivity index (χ4n) is 1.52. The Labute approximate surface area is 110 Å². The van der Waals surface area contributed by atoms with Gasteiger partial charge in [-0.05, 0) is 30.5 Å². The average Bonchev–Trinajstić information content (AvgIpc) is 2.26. The van der Waals surface area contributed by atoms with E-state index < -0.39 is 0 Å². The molecule has 0 aliphatic rings. The number of hydrogen-bond acceptors (Lipinski definition) is 0. The Morgan fingerprint density at radius 3 is 2.40 bits per heavy atom. The largest absolute Gasteiger partial charge is 0.126 e. The second-order valence-electron chi connectivity index (χ2n) is 3.93. The Bertz CT molecular complexity index is 300. The van der Waals surface area contributed by atoms with Crippen LogP contribution in [0.15, 0.2) is 28.7 Å². The van der Waals surface area contributed by atoms with Crippen LogP contribution in [0, 0.1) is 5.41 Å². The summed E-state index contributed by atoms with van der Waals surface area (Å²) in [5.41, 5.74) is 1.32. The molecule has 1 aromatic rings. The van der Waals surface area contributed by atoms with Gasteiger partial charge in [0.15, 0.2) is 0 Å². The normalized spacial score (nSPS) is 11.7. The third kappa shape index (κ3) is 3.65. The Balaban J connectivity index is 2.82. The van der Waals surface area contributed by atoms with Crippen LogP contribution in [-0.4, -0.2) is 11.8 Å². The molecule has 0 aromatic heterocycles. The summed E-state index contributed by atoms with van der Waals surface area (Å²) in [5.74, 6) is 1.22. The minimum Gasteiger partial charge on any atom is -0.126 e. The van der Waals surface area contributed by atoms with E-state index in [1.807, 2.05) is 12.1 Å². The van der Waals surface area contributed by atoms with Crippen molar-refractivity contribution in [3.63, 3.8) is 0 Å². The van der Waals surface area contributed by atoms with Gasteiger partial charge < -0.3 is 0 Å². The molecule has 0 radical (unpaired) electrons. The second-order valence-corrected chi connectivity index (χ2v) is 5.38. The highest BCUT2D eigenvalue weighted by atomic mass is 79.9. The van der Waals surface area contributed by atoms with E-state index in [2.05, 4.69) is 35.0 Å². The molecule has 15 heavy (non-hydrogen) atoms. The molecule has 0 atom stereocenters. The Kier molecular flexibility index (Phi) is 5.45. The predicted molar refractivity (Wildman–Crippen MR) is 72.0 cm³/mol. The van der Waals surface area contributed by atoms with E-state index in [0.717, 1.165) is 17.3 Å². The molecular formula is C12H15BrCl2. The van der Waals surface area contributed by atoms with Gasteiger partial charge in [0.05, 0.1) is 0 Å². The summed E-state index contributed by atoms with van der Waals surface area (Å²) in [6.45, 7) is 2.14. The first kappa shape index (κ1) is 13.3. The molecule has 1 rings (SSSR count). The molecule has 0 fully saturated rings. The van der Waals surface area contributed by atoms with Crippen LogP contribution in [0.4, 0.5) is 0 Å². The molecule has 0 amide bonds. The highest BCUT2D eigenvalue weighted by Gasteiger charge is 2.26. The fraction of sp³-hybridized carbons (Fsp3) is 0.500. The molecule has 84 valence electrons. The van der Waals surface area contributed by atoms with Crippen molar-refractivity contribution < 1.29 is 0 Å². The van der Waals surface area contributed by atoms with Crippen LogP contribution in [0.2, 0.25) is 0 Å². The summed E-state index contributed by atoms with van der Waals surface area (Å²) in [6.07, 6.45) is 1.95. The Morgan fingerprint density at radius 1 is 1.27 bits per heavy atom. The van der Waals surface area contributed by atoms with Gasteiger partial charge in [0.1, 0.15) is 0 Å². The molecule has 3 heteroatoms. The average molecular weight is 310 g/mol. The molecule has 0 unspecified atom stereocenters. The molecule has 0 aliphatic heterocycles. The zero-order valence-electron chi connectivity index (χ0n) is 8.77. The zero-order chi connectivity index (χ0) is 11.3. The Hall–Kier alpha value is 0.280. The summed E-state index contributed by atoms with van der Waals surface area (Å²) in [4.78, 5) is 0. The topological polar surface area (TPSA) is 0 Å². The highest BCUT2D eigenvalue weighted by molar-refractivity contribution is 9.10. The fourth-order valence-corrected chi connectivity index (χ4v) is 2.82. The smallest absolute Gasteiger partial charge is 0.0294 e. The van der Waals surface area contributed by atoms with Crippen molar-refractivity contribution in [1.29, 1.82) is 0 Å². The standard InChI is InChI=1S/C12H15BrCl2/c1-2-12(8-14,9-15)7-10-4-3-5-11(13)6-10/h3-6H,2,7-9H2,1H3. The lowest BCUT2D eigenvalue weighted by atomic mass is 9.83. The van der Waals surface area contributed by atoms with Gasteiger partial charge in [0.2, 0.25) is 0 Å². The summed E-state index contributed by atoms with van der Waals surface area (Å²) < 4.78 is 1.11. The van der Waals surface area contributed by atoms with Crippen molar-refractivity contribution in [3.05, 3.63) is 34.3 Å². The molecule has 0 saturated heterocycles. The van der Waals surface area contributed by atoms with Gasteiger partial charge in [0.25, 0.3) is 0 Å². The summed E-state index contributed by atoms with van der Waals surface area (Å²) >= 11 is 15.5. The van der Waals surface area contributed by atoms with Gasteiger partial charge in [-0.15, -0.1) is 23.2 Å². The van der Waals surface area contributed by atoms with Crippen LogP contribution >= 0.6 is 39.1 Å². The molecule has 1 aromatic carbocycles. The van der Waals surface area contributed by atoms with Crippen LogP contribution < -0.4 is 0 Å². The van der Waals surface area contributed by atoms with Crippen LogP contribution in [0.3, 0.4) is 0 Å². The van der Waals surface area contributed by atoms with E-state index in [9.17, 15) is 0 Å². The lowest BCUT2D eigenvalue weighted by Gasteiger charge is -2.28. The predicted octanol–water partition coefficient (Wildman–Crippen LogP) is 4.87. The molecule has 0 bridgehead atoms. The van der Waals surface area contributed by atoms with E-state index in [4.69, 9.17) is 23.2 Å². The Morgan fingerprint density at radius 2 is 1.93 bits per heavy atom. The van der Waals surface area contributed by atoms with Gasteiger partial charge in [-0.2, -0.15) is 0 Å². The van der Waals surface area contributed by atoms with E-state index in [1.165, 1.54) is 5.56 Å². The van der Waals surface area contributed by atoms with Gasteiger partial charge >= 0.3 is 0 Å². The molecule has 0 N–H and O–H groups in total. The number of hydrogen-bond donors (Lipinski definition) is 0. The van der Waals surface area contributed by atoms with E-state index >= 15 is 0 Å².